The molecule has 1 N–H and O–H groups in total. The van der Waals surface area contributed by atoms with Gasteiger partial charge in [0.2, 0.25) is 11.6 Å². The van der Waals surface area contributed by atoms with E-state index in [0.717, 1.165) is 23.9 Å². The second kappa shape index (κ2) is 8.34. The predicted molar refractivity (Wildman–Crippen MR) is 92.9 cm³/mol. The average molecular weight is 409 g/mol. The number of para-hydroxylation sites is 1. The van der Waals surface area contributed by atoms with Gasteiger partial charge in [0.15, 0.2) is 5.95 Å². The molecule has 0 aliphatic heterocycles. The lowest BCUT2D eigenvalue weighted by Gasteiger charge is -2.09. The van der Waals surface area contributed by atoms with Gasteiger partial charge in [0.05, 0.1) is 10.8 Å². The summed E-state index contributed by atoms with van der Waals surface area (Å²) in [6, 6.07) is 13.2. The fourth-order valence-electron chi connectivity index (χ4n) is 2.33. The first kappa shape index (κ1) is 19.7. The molecule has 0 aliphatic rings. The Bertz CT molecular complexity index is 961. The van der Waals surface area contributed by atoms with E-state index in [1.807, 2.05) is 6.07 Å². The molecule has 3 aromatic rings. The summed E-state index contributed by atoms with van der Waals surface area (Å²) in [5.74, 6) is -0.886. The van der Waals surface area contributed by atoms with Crippen molar-refractivity contribution in [1.82, 2.24) is 5.27 Å². The third-order valence-electron chi connectivity index (χ3n) is 3.61. The Morgan fingerprint density at radius 2 is 1.93 bits per heavy atom. The molecule has 0 radical (unpaired) electrons. The summed E-state index contributed by atoms with van der Waals surface area (Å²) in [4.78, 5) is 12.0. The number of carbonyl (C=O) groups is 1. The predicted octanol–water partition coefficient (Wildman–Crippen LogP) is 3.16. The number of benzene rings is 2. The quantitative estimate of drug-likeness (QED) is 0.500. The Morgan fingerprint density at radius 1 is 1.18 bits per heavy atom. The maximum Gasteiger partial charge on any atom is 0.416 e. The first-order valence-electron chi connectivity index (χ1n) is 8.09. The molecule has 0 fully saturated rings. The molecule has 10 heteroatoms. The van der Waals surface area contributed by atoms with Crippen molar-refractivity contribution in [3.63, 3.8) is 0 Å². The van der Waals surface area contributed by atoms with E-state index in [1.165, 1.54) is 16.8 Å². The van der Waals surface area contributed by atoms with Gasteiger partial charge in [0.1, 0.15) is 0 Å². The summed E-state index contributed by atoms with van der Waals surface area (Å²) in [7, 11) is 0. The first-order chi connectivity index (χ1) is 13.3. The van der Waals surface area contributed by atoms with Gasteiger partial charge in [-0.15, -0.1) is 0 Å². The fraction of sp³-hybridized carbons (Fsp3) is 0.167. The fourth-order valence-corrected chi connectivity index (χ4v) is 3.23. The lowest BCUT2D eigenvalue weighted by Crippen LogP contribution is -2.34. The topological polar surface area (TPSA) is 82.1 Å². The summed E-state index contributed by atoms with van der Waals surface area (Å²) in [6.45, 7) is 0. The summed E-state index contributed by atoms with van der Waals surface area (Å²) in [6.07, 6.45) is -4.50. The van der Waals surface area contributed by atoms with E-state index in [2.05, 4.69) is 15.1 Å². The first-order valence-corrected chi connectivity index (χ1v) is 9.07. The van der Waals surface area contributed by atoms with Crippen LogP contribution in [0.4, 0.5) is 18.9 Å². The summed E-state index contributed by atoms with van der Waals surface area (Å²) < 4.78 is 44.2. The zero-order valence-corrected chi connectivity index (χ0v) is 15.1. The molecule has 1 aromatic heterocycles. The van der Waals surface area contributed by atoms with Gasteiger partial charge in [0.25, 0.3) is 5.03 Å². The highest BCUT2D eigenvalue weighted by molar-refractivity contribution is 7.99. The van der Waals surface area contributed by atoms with E-state index in [4.69, 9.17) is 0 Å². The minimum absolute atomic E-state index is 0.0136. The van der Waals surface area contributed by atoms with Crippen LogP contribution in [0.25, 0.3) is 5.69 Å². The monoisotopic (exact) mass is 409 g/mol. The Balaban J connectivity index is 1.59. The van der Waals surface area contributed by atoms with Crippen molar-refractivity contribution in [1.29, 1.82) is 0 Å². The van der Waals surface area contributed by atoms with Crippen LogP contribution in [0.15, 0.2) is 64.1 Å². The Hall–Kier alpha value is -3.01. The average Bonchev–Trinajstić information content (AvgIpc) is 3.03. The van der Waals surface area contributed by atoms with Crippen molar-refractivity contribution in [2.24, 2.45) is 0 Å². The third-order valence-corrected chi connectivity index (χ3v) is 4.64. The van der Waals surface area contributed by atoms with Gasteiger partial charge in [-0.2, -0.15) is 13.2 Å². The molecule has 146 valence electrons. The molecule has 0 saturated carbocycles. The number of rotatable bonds is 6. The molecule has 6 nitrogen and oxygen atoms in total. The van der Waals surface area contributed by atoms with Crippen molar-refractivity contribution < 1.29 is 32.3 Å². The van der Waals surface area contributed by atoms with E-state index < -0.39 is 23.6 Å². The Kier molecular flexibility index (Phi) is 5.88. The van der Waals surface area contributed by atoms with Crippen LogP contribution >= 0.6 is 11.8 Å². The molecule has 1 amide bonds. The van der Waals surface area contributed by atoms with Crippen LogP contribution in [-0.4, -0.2) is 16.9 Å². The number of aromatic nitrogens is 2. The molecule has 0 bridgehead atoms. The summed E-state index contributed by atoms with van der Waals surface area (Å²) >= 11 is 1.07. The van der Waals surface area contributed by atoms with Gasteiger partial charge in [-0.1, -0.05) is 36.0 Å². The zero-order valence-electron chi connectivity index (χ0n) is 14.3. The van der Waals surface area contributed by atoms with Crippen LogP contribution in [0.5, 0.6) is 5.95 Å². The molecule has 0 aliphatic carbocycles. The second-order valence-corrected chi connectivity index (χ2v) is 6.72. The SMILES string of the molecule is O=C(CCSc1c([O-])on[n+]1-c1ccccc1)Nc1cccc(C(F)(F)F)c1. The smallest absolute Gasteiger partial charge is 0.416 e. The van der Waals surface area contributed by atoms with Gasteiger partial charge in [-0.3, -0.25) is 4.79 Å². The van der Waals surface area contributed by atoms with E-state index in [1.54, 1.807) is 24.3 Å². The lowest BCUT2D eigenvalue weighted by molar-refractivity contribution is -0.705. The van der Waals surface area contributed by atoms with Crippen molar-refractivity contribution in [3.05, 3.63) is 60.2 Å². The van der Waals surface area contributed by atoms with Gasteiger partial charge in [-0.25, -0.2) is 0 Å². The van der Waals surface area contributed by atoms with Gasteiger partial charge >= 0.3 is 6.18 Å². The molecule has 0 saturated heterocycles. The Morgan fingerprint density at radius 3 is 2.64 bits per heavy atom. The summed E-state index contributed by atoms with van der Waals surface area (Å²) in [5.41, 5.74) is -0.160. The Labute approximate surface area is 161 Å². The van der Waals surface area contributed by atoms with Crippen LogP contribution in [-0.2, 0) is 11.0 Å². The van der Waals surface area contributed by atoms with Crippen LogP contribution in [0.3, 0.4) is 0 Å². The molecule has 3 rings (SSSR count). The lowest BCUT2D eigenvalue weighted by atomic mass is 10.2. The number of carbonyl (C=O) groups excluding carboxylic acids is 1. The highest BCUT2D eigenvalue weighted by Gasteiger charge is 2.30. The molecule has 0 spiro atoms. The highest BCUT2D eigenvalue weighted by atomic mass is 32.2. The number of thioether (sulfide) groups is 1. The van der Waals surface area contributed by atoms with Crippen molar-refractivity contribution in [3.8, 4) is 11.6 Å². The molecule has 0 unspecified atom stereocenters. The minimum atomic E-state index is -4.49. The largest absolute Gasteiger partial charge is 0.538 e. The normalized spacial score (nSPS) is 11.4. The van der Waals surface area contributed by atoms with Gasteiger partial charge in [-0.05, 0) is 22.9 Å². The summed E-state index contributed by atoms with van der Waals surface area (Å²) in [5, 5.41) is 18.1. The van der Waals surface area contributed by atoms with Gasteiger partial charge in [0, 0.05) is 30.0 Å². The molecule has 2 aromatic carbocycles. The number of halogens is 3. The van der Waals surface area contributed by atoms with Crippen LogP contribution < -0.4 is 15.1 Å². The van der Waals surface area contributed by atoms with E-state index >= 15 is 0 Å². The van der Waals surface area contributed by atoms with Gasteiger partial charge < -0.3 is 14.9 Å². The molecular weight excluding hydrogens is 395 g/mol. The highest BCUT2D eigenvalue weighted by Crippen LogP contribution is 2.30. The van der Waals surface area contributed by atoms with E-state index in [0.29, 0.717) is 5.69 Å². The minimum Gasteiger partial charge on any atom is -0.538 e. The number of anilines is 1. The molecule has 28 heavy (non-hydrogen) atoms. The molecule has 0 atom stereocenters. The van der Waals surface area contributed by atoms with Crippen LogP contribution in [0.2, 0.25) is 0 Å². The number of alkyl halides is 3. The number of nitrogens with zero attached hydrogens (tertiary/aromatic N) is 2. The maximum atomic E-state index is 12.7. The van der Waals surface area contributed by atoms with Crippen LogP contribution in [0.1, 0.15) is 12.0 Å². The van der Waals surface area contributed by atoms with Crippen LogP contribution in [0, 0.1) is 0 Å². The van der Waals surface area contributed by atoms with Crippen molar-refractivity contribution >= 4 is 23.4 Å². The zero-order chi connectivity index (χ0) is 20.1. The van der Waals surface area contributed by atoms with E-state index in [-0.39, 0.29) is 22.9 Å². The number of nitrogens with one attached hydrogen (secondary N) is 1. The number of hydrogen-bond donors (Lipinski definition) is 1. The van der Waals surface area contributed by atoms with E-state index in [9.17, 15) is 23.1 Å². The van der Waals surface area contributed by atoms with Crippen molar-refractivity contribution in [2.45, 2.75) is 17.6 Å². The number of amides is 1. The van der Waals surface area contributed by atoms with Crippen molar-refractivity contribution in [2.75, 3.05) is 11.1 Å². The third kappa shape index (κ3) is 4.83. The molecule has 1 heterocycles. The number of hydrogen-bond acceptors (Lipinski definition) is 5. The standard InChI is InChI=1S/C18H14F3N3O3S/c19-18(20,21)12-5-4-6-13(11-12)22-15(25)9-10-28-16-17(26)27-23-24(16)14-7-2-1-3-8-14/h1-8,11H,9-10H2,(H-,22,23,25,26). The molecular formula is C18H14F3N3O3S. The maximum absolute atomic E-state index is 12.7. The second-order valence-electron chi connectivity index (χ2n) is 5.64.